The maximum absolute atomic E-state index is 13.6. The van der Waals surface area contributed by atoms with E-state index in [1.807, 2.05) is 51.1 Å². The molecule has 0 aliphatic carbocycles. The quantitative estimate of drug-likeness (QED) is 0.103. The van der Waals surface area contributed by atoms with Crippen molar-refractivity contribution in [1.82, 2.24) is 14.8 Å². The topological polar surface area (TPSA) is 167 Å². The number of pyridine rings is 1. The summed E-state index contributed by atoms with van der Waals surface area (Å²) < 4.78 is 19.1. The van der Waals surface area contributed by atoms with E-state index in [0.29, 0.717) is 37.7 Å². The van der Waals surface area contributed by atoms with Gasteiger partial charge in [-0.15, -0.1) is 0 Å². The predicted molar refractivity (Wildman–Crippen MR) is 247 cm³/mol. The number of aryl methyl sites for hydroxylation is 1. The molecule has 14 atom stereocenters. The summed E-state index contributed by atoms with van der Waals surface area (Å²) in [5.41, 5.74) is 3.78. The lowest BCUT2D eigenvalue weighted by molar-refractivity contribution is -0.304. The Bertz CT molecular complexity index is 1810. The Balaban J connectivity index is 1.50. The molecule has 0 saturated carbocycles. The molecule has 2 aromatic rings. The fourth-order valence-corrected chi connectivity index (χ4v) is 10.1. The summed E-state index contributed by atoms with van der Waals surface area (Å²) in [7, 11) is 3.61. The van der Waals surface area contributed by atoms with Gasteiger partial charge in [0.15, 0.2) is 6.29 Å². The Labute approximate surface area is 376 Å². The van der Waals surface area contributed by atoms with E-state index in [1.54, 1.807) is 32.1 Å². The van der Waals surface area contributed by atoms with Crippen molar-refractivity contribution in [2.45, 2.75) is 142 Å². The van der Waals surface area contributed by atoms with Gasteiger partial charge < -0.3 is 49.3 Å². The molecule has 13 nitrogen and oxygen atoms in total. The molecule has 4 heterocycles. The SMILES string of the molecule is CC[C@H]1OC(=O)C[C@@H](O)[C@H](C)[C@@H](O[C@@H]2O[C@H](C)[C@@H](O)[C@H](N(C)C)[C@H]2O)[C@@H](CCN2CC(C)CC(C)C2)C[C@@H](C)C(=N/OCCCc2ccc3ncccc3c2)/C=C/C(C)=C/C1CO. The maximum Gasteiger partial charge on any atom is 0.308 e. The number of rotatable bonds is 13. The van der Waals surface area contributed by atoms with Crippen LogP contribution < -0.4 is 0 Å². The van der Waals surface area contributed by atoms with E-state index in [0.717, 1.165) is 54.7 Å². The van der Waals surface area contributed by atoms with Crippen molar-refractivity contribution < 1.29 is 44.3 Å². The zero-order valence-corrected chi connectivity index (χ0v) is 39.4. The van der Waals surface area contributed by atoms with Gasteiger partial charge in [-0.3, -0.25) is 9.78 Å². The van der Waals surface area contributed by atoms with Gasteiger partial charge in [0.25, 0.3) is 0 Å². The summed E-state index contributed by atoms with van der Waals surface area (Å²) >= 11 is 0. The average molecular weight is 879 g/mol. The van der Waals surface area contributed by atoms with Crippen molar-refractivity contribution in [2.75, 3.05) is 46.9 Å². The number of likely N-dealkylation sites (N-methyl/N-ethyl adjacent to an activating group) is 1. The van der Waals surface area contributed by atoms with Crippen LogP contribution in [0.4, 0.5) is 0 Å². The highest BCUT2D eigenvalue weighted by molar-refractivity contribution is 5.96. The minimum absolute atomic E-state index is 0.149. The molecular formula is C50H78N4O9. The van der Waals surface area contributed by atoms with Crippen molar-refractivity contribution in [1.29, 1.82) is 0 Å². The number of fused-ring (bicyclic) bond motifs is 1. The van der Waals surface area contributed by atoms with Crippen LogP contribution in [-0.4, -0.2) is 143 Å². The summed E-state index contributed by atoms with van der Waals surface area (Å²) in [5.74, 6) is -0.835. The van der Waals surface area contributed by atoms with Crippen molar-refractivity contribution in [2.24, 2.45) is 40.7 Å². The molecule has 5 rings (SSSR count). The summed E-state index contributed by atoms with van der Waals surface area (Å²) in [6.07, 6.45) is 5.58. The second-order valence-electron chi connectivity index (χ2n) is 19.3. The van der Waals surface area contributed by atoms with Gasteiger partial charge >= 0.3 is 5.97 Å². The summed E-state index contributed by atoms with van der Waals surface area (Å²) in [6, 6.07) is 9.68. The van der Waals surface area contributed by atoms with Crippen molar-refractivity contribution in [3.05, 3.63) is 65.9 Å². The number of ether oxygens (including phenoxy) is 3. The number of carbonyl (C=O) groups excluding carboxylic acids is 1. The number of benzene rings is 1. The molecule has 3 aliphatic heterocycles. The molecule has 3 unspecified atom stereocenters. The Morgan fingerprint density at radius 1 is 1.00 bits per heavy atom. The Morgan fingerprint density at radius 3 is 2.44 bits per heavy atom. The minimum Gasteiger partial charge on any atom is -0.462 e. The van der Waals surface area contributed by atoms with Crippen molar-refractivity contribution in [3.63, 3.8) is 0 Å². The van der Waals surface area contributed by atoms with E-state index in [-0.39, 0.29) is 24.9 Å². The third kappa shape index (κ3) is 14.4. The lowest BCUT2D eigenvalue weighted by Crippen LogP contribution is -2.63. The number of carbonyl (C=O) groups is 1. The smallest absolute Gasteiger partial charge is 0.308 e. The highest BCUT2D eigenvalue weighted by Crippen LogP contribution is 2.36. The van der Waals surface area contributed by atoms with E-state index < -0.39 is 66.8 Å². The van der Waals surface area contributed by atoms with Gasteiger partial charge in [0.05, 0.1) is 54.7 Å². The third-order valence-corrected chi connectivity index (χ3v) is 13.5. The second kappa shape index (κ2) is 24.3. The molecule has 0 radical (unpaired) electrons. The van der Waals surface area contributed by atoms with Gasteiger partial charge in [0, 0.05) is 42.4 Å². The van der Waals surface area contributed by atoms with Crippen LogP contribution in [0.3, 0.4) is 0 Å². The van der Waals surface area contributed by atoms with Gasteiger partial charge in [0.2, 0.25) is 0 Å². The number of likely N-dealkylation sites (tertiary alicyclic amines) is 1. The van der Waals surface area contributed by atoms with E-state index in [1.165, 1.54) is 12.0 Å². The van der Waals surface area contributed by atoms with Crippen molar-refractivity contribution in [3.8, 4) is 0 Å². The fourth-order valence-electron chi connectivity index (χ4n) is 10.1. The largest absolute Gasteiger partial charge is 0.462 e. The van der Waals surface area contributed by atoms with Gasteiger partial charge in [-0.1, -0.05) is 69.6 Å². The molecule has 2 saturated heterocycles. The fraction of sp³-hybridized carbons (Fsp3) is 0.700. The predicted octanol–water partition coefficient (Wildman–Crippen LogP) is 6.17. The van der Waals surface area contributed by atoms with E-state index in [2.05, 4.69) is 48.9 Å². The number of esters is 1. The van der Waals surface area contributed by atoms with E-state index in [4.69, 9.17) is 24.2 Å². The monoisotopic (exact) mass is 879 g/mol. The number of aliphatic hydroxyl groups is 4. The molecule has 63 heavy (non-hydrogen) atoms. The molecule has 352 valence electrons. The van der Waals surface area contributed by atoms with Crippen LogP contribution >= 0.6 is 0 Å². The first-order valence-electron chi connectivity index (χ1n) is 23.5. The number of hydrogen-bond acceptors (Lipinski definition) is 13. The van der Waals surface area contributed by atoms with Crippen LogP contribution in [0.1, 0.15) is 92.6 Å². The zero-order valence-electron chi connectivity index (χ0n) is 39.4. The number of allylic oxidation sites excluding steroid dienone is 3. The summed E-state index contributed by atoms with van der Waals surface area (Å²) in [5, 5.41) is 51.1. The van der Waals surface area contributed by atoms with Crippen LogP contribution in [0.2, 0.25) is 0 Å². The number of aliphatic hydroxyl groups excluding tert-OH is 4. The van der Waals surface area contributed by atoms with Crippen LogP contribution in [-0.2, 0) is 30.3 Å². The first kappa shape index (κ1) is 50.7. The Kier molecular flexibility index (Phi) is 19.6. The molecule has 3 aliphatic rings. The normalized spacial score (nSPS) is 36.5. The van der Waals surface area contributed by atoms with Crippen molar-refractivity contribution >= 4 is 22.6 Å². The number of nitrogens with zero attached hydrogens (tertiary/aromatic N) is 4. The molecule has 0 bridgehead atoms. The Morgan fingerprint density at radius 2 is 1.75 bits per heavy atom. The van der Waals surface area contributed by atoms with E-state index >= 15 is 0 Å². The maximum atomic E-state index is 13.6. The average Bonchev–Trinajstić information content (AvgIpc) is 3.24. The first-order chi connectivity index (χ1) is 30.1. The standard InChI is InChI=1S/C50H78N4O9/c1-10-44-40(30-55)24-31(2)15-17-41(52-60-22-12-13-37-16-18-42-38(26-37)14-11-20-51-42)34(5)25-39(19-21-54-28-32(3)23-33(4)29-54)49(35(6)43(56)27-45(57)62-44)63-50-48(59)46(53(8)9)47(58)36(7)61-50/h11,14-18,20,24,26,32-36,39-40,43-44,46-50,55-56,58-59H,10,12-13,19,21-23,25,27-30H2,1-9H3/b17-15+,31-24+,52-41+/t32?,33?,34-,35+,36-,39+,40?,43-,44-,46+,47-,48-,49-,50+/m1/s1. The van der Waals surface area contributed by atoms with Gasteiger partial charge in [-0.2, -0.15) is 0 Å². The lowest BCUT2D eigenvalue weighted by atomic mass is 9.79. The summed E-state index contributed by atoms with van der Waals surface area (Å²) in [6.45, 7) is 17.2. The van der Waals surface area contributed by atoms with Gasteiger partial charge in [0.1, 0.15) is 18.8 Å². The number of piperidine rings is 1. The molecule has 2 fully saturated rings. The number of oxime groups is 1. The molecule has 1 aromatic heterocycles. The van der Waals surface area contributed by atoms with Gasteiger partial charge in [-0.25, -0.2) is 0 Å². The zero-order chi connectivity index (χ0) is 45.8. The first-order valence-corrected chi connectivity index (χ1v) is 23.5. The third-order valence-electron chi connectivity index (χ3n) is 13.5. The molecule has 1 aromatic carbocycles. The molecule has 0 spiro atoms. The van der Waals surface area contributed by atoms with Gasteiger partial charge in [-0.05, 0) is 121 Å². The van der Waals surface area contributed by atoms with Crippen LogP contribution in [0.25, 0.3) is 10.9 Å². The molecule has 13 heteroatoms. The molecule has 4 N–H and O–H groups in total. The summed E-state index contributed by atoms with van der Waals surface area (Å²) in [4.78, 5) is 28.4. The lowest BCUT2D eigenvalue weighted by Gasteiger charge is -2.47. The number of cyclic esters (lactones) is 1. The van der Waals surface area contributed by atoms with Crippen LogP contribution in [0, 0.1) is 35.5 Å². The van der Waals surface area contributed by atoms with E-state index in [9.17, 15) is 25.2 Å². The number of hydrogen-bond donors (Lipinski definition) is 4. The van der Waals surface area contributed by atoms with Crippen LogP contribution in [0.5, 0.6) is 0 Å². The Hall–Kier alpha value is -3.27. The molecule has 0 amide bonds. The highest BCUT2D eigenvalue weighted by Gasteiger charge is 2.47. The van der Waals surface area contributed by atoms with Crippen LogP contribution in [0.15, 0.2) is 65.5 Å². The number of aromatic nitrogens is 1. The highest BCUT2D eigenvalue weighted by atomic mass is 16.7. The second-order valence-corrected chi connectivity index (χ2v) is 19.3. The molecular weight excluding hydrogens is 801 g/mol. The minimum atomic E-state index is -1.20.